The SMILES string of the molecule is CC(NC(=O)/C=C/c1ccc2c(c1)CCO2)C(C)C(=O)O. The maximum absolute atomic E-state index is 11.8. The maximum Gasteiger partial charge on any atom is 0.308 e. The predicted molar refractivity (Wildman–Crippen MR) is 79.1 cm³/mol. The summed E-state index contributed by atoms with van der Waals surface area (Å²) in [6.07, 6.45) is 4.02. The molecule has 0 radical (unpaired) electrons. The highest BCUT2D eigenvalue weighted by Crippen LogP contribution is 2.26. The number of benzene rings is 1. The Morgan fingerprint density at radius 1 is 1.38 bits per heavy atom. The lowest BCUT2D eigenvalue weighted by Crippen LogP contribution is -2.39. The summed E-state index contributed by atoms with van der Waals surface area (Å²) in [5.74, 6) is -0.947. The molecule has 0 saturated heterocycles. The zero-order valence-corrected chi connectivity index (χ0v) is 12.1. The van der Waals surface area contributed by atoms with E-state index in [2.05, 4.69) is 5.32 Å². The lowest BCUT2D eigenvalue weighted by Gasteiger charge is -2.16. The summed E-state index contributed by atoms with van der Waals surface area (Å²) in [6, 6.07) is 5.36. The second-order valence-electron chi connectivity index (χ2n) is 5.22. The summed E-state index contributed by atoms with van der Waals surface area (Å²) < 4.78 is 5.42. The Hall–Kier alpha value is -2.30. The van der Waals surface area contributed by atoms with Crippen LogP contribution in [-0.4, -0.2) is 29.6 Å². The van der Waals surface area contributed by atoms with Crippen molar-refractivity contribution in [2.24, 2.45) is 5.92 Å². The smallest absolute Gasteiger partial charge is 0.308 e. The van der Waals surface area contributed by atoms with E-state index in [1.54, 1.807) is 19.9 Å². The number of ether oxygens (including phenoxy) is 1. The largest absolute Gasteiger partial charge is 0.493 e. The molecule has 2 unspecified atom stereocenters. The fourth-order valence-corrected chi connectivity index (χ4v) is 2.09. The number of fused-ring (bicyclic) bond motifs is 1. The van der Waals surface area contributed by atoms with Gasteiger partial charge in [-0.1, -0.05) is 6.07 Å². The summed E-state index contributed by atoms with van der Waals surface area (Å²) in [6.45, 7) is 3.95. The van der Waals surface area contributed by atoms with E-state index in [0.717, 1.165) is 23.3 Å². The molecule has 2 atom stereocenters. The number of carboxylic acids is 1. The van der Waals surface area contributed by atoms with Gasteiger partial charge in [-0.2, -0.15) is 0 Å². The van der Waals surface area contributed by atoms with Crippen LogP contribution in [0.25, 0.3) is 6.08 Å². The van der Waals surface area contributed by atoms with E-state index in [-0.39, 0.29) is 5.91 Å². The standard InChI is InChI=1S/C16H19NO4/c1-10(16(19)20)11(2)17-15(18)6-4-12-3-5-14-13(9-12)7-8-21-14/h3-6,9-11H,7-8H2,1-2H3,(H,17,18)(H,19,20)/b6-4+. The van der Waals surface area contributed by atoms with Gasteiger partial charge in [0.2, 0.25) is 5.91 Å². The van der Waals surface area contributed by atoms with E-state index >= 15 is 0 Å². The molecule has 1 amide bonds. The van der Waals surface area contributed by atoms with Gasteiger partial charge in [-0.3, -0.25) is 9.59 Å². The molecule has 1 heterocycles. The van der Waals surface area contributed by atoms with E-state index in [0.29, 0.717) is 6.61 Å². The molecule has 2 rings (SSSR count). The number of hydrogen-bond acceptors (Lipinski definition) is 3. The van der Waals surface area contributed by atoms with E-state index in [9.17, 15) is 9.59 Å². The van der Waals surface area contributed by atoms with Crippen molar-refractivity contribution in [2.45, 2.75) is 26.3 Å². The number of amides is 1. The van der Waals surface area contributed by atoms with Crippen LogP contribution in [0.4, 0.5) is 0 Å². The van der Waals surface area contributed by atoms with Gasteiger partial charge in [0.1, 0.15) is 5.75 Å². The molecule has 112 valence electrons. The molecule has 0 aromatic heterocycles. The van der Waals surface area contributed by atoms with Gasteiger partial charge in [-0.05, 0) is 43.2 Å². The first-order chi connectivity index (χ1) is 9.97. The summed E-state index contributed by atoms with van der Waals surface area (Å²) in [5, 5.41) is 11.5. The quantitative estimate of drug-likeness (QED) is 0.811. The zero-order chi connectivity index (χ0) is 15.4. The van der Waals surface area contributed by atoms with Crippen molar-refractivity contribution in [1.29, 1.82) is 0 Å². The molecule has 0 aliphatic carbocycles. The van der Waals surface area contributed by atoms with Crippen molar-refractivity contribution < 1.29 is 19.4 Å². The number of aliphatic carboxylic acids is 1. The summed E-state index contributed by atoms with van der Waals surface area (Å²) in [4.78, 5) is 22.6. The van der Waals surface area contributed by atoms with Crippen molar-refractivity contribution in [3.05, 3.63) is 35.4 Å². The molecule has 5 nitrogen and oxygen atoms in total. The molecule has 1 aromatic carbocycles. The third-order valence-electron chi connectivity index (χ3n) is 3.65. The van der Waals surface area contributed by atoms with Gasteiger partial charge in [0.15, 0.2) is 0 Å². The highest BCUT2D eigenvalue weighted by molar-refractivity contribution is 5.92. The number of rotatable bonds is 5. The molecule has 2 N–H and O–H groups in total. The van der Waals surface area contributed by atoms with E-state index in [1.165, 1.54) is 6.08 Å². The minimum atomic E-state index is -0.926. The van der Waals surface area contributed by atoms with Crippen LogP contribution in [0.1, 0.15) is 25.0 Å². The average Bonchev–Trinajstić information content (AvgIpc) is 2.91. The molecule has 5 heteroatoms. The Labute approximate surface area is 123 Å². The molecule has 0 spiro atoms. The number of hydrogen-bond donors (Lipinski definition) is 2. The highest BCUT2D eigenvalue weighted by atomic mass is 16.5. The van der Waals surface area contributed by atoms with Crippen molar-refractivity contribution >= 4 is 18.0 Å². The Morgan fingerprint density at radius 3 is 2.86 bits per heavy atom. The minimum absolute atomic E-state index is 0.299. The van der Waals surface area contributed by atoms with E-state index in [4.69, 9.17) is 9.84 Å². The van der Waals surface area contributed by atoms with Crippen molar-refractivity contribution in [1.82, 2.24) is 5.32 Å². The first-order valence-corrected chi connectivity index (χ1v) is 6.94. The molecule has 1 aromatic rings. The van der Waals surface area contributed by atoms with Crippen LogP contribution in [0.15, 0.2) is 24.3 Å². The number of nitrogens with one attached hydrogen (secondary N) is 1. The zero-order valence-electron chi connectivity index (χ0n) is 12.1. The number of carbonyl (C=O) groups is 2. The van der Waals surface area contributed by atoms with Crippen LogP contribution in [0.5, 0.6) is 5.75 Å². The third kappa shape index (κ3) is 3.84. The van der Waals surface area contributed by atoms with Crippen LogP contribution in [0, 0.1) is 5.92 Å². The predicted octanol–water partition coefficient (Wildman–Crippen LogP) is 1.86. The highest BCUT2D eigenvalue weighted by Gasteiger charge is 2.20. The van der Waals surface area contributed by atoms with E-state index < -0.39 is 17.9 Å². The van der Waals surface area contributed by atoms with Gasteiger partial charge >= 0.3 is 5.97 Å². The Morgan fingerprint density at radius 2 is 2.14 bits per heavy atom. The van der Waals surface area contributed by atoms with Crippen LogP contribution < -0.4 is 10.1 Å². The Balaban J connectivity index is 1.94. The van der Waals surface area contributed by atoms with Crippen molar-refractivity contribution in [3.63, 3.8) is 0 Å². The molecule has 1 aliphatic rings. The average molecular weight is 289 g/mol. The molecular formula is C16H19NO4. The molecule has 21 heavy (non-hydrogen) atoms. The third-order valence-corrected chi connectivity index (χ3v) is 3.65. The topological polar surface area (TPSA) is 75.6 Å². The van der Waals surface area contributed by atoms with Gasteiger partial charge in [-0.25, -0.2) is 0 Å². The van der Waals surface area contributed by atoms with Crippen molar-refractivity contribution in [3.8, 4) is 5.75 Å². The van der Waals surface area contributed by atoms with Crippen LogP contribution in [0.2, 0.25) is 0 Å². The Kier molecular flexibility index (Phi) is 4.62. The minimum Gasteiger partial charge on any atom is -0.493 e. The first-order valence-electron chi connectivity index (χ1n) is 6.94. The lowest BCUT2D eigenvalue weighted by molar-refractivity contribution is -0.142. The summed E-state index contributed by atoms with van der Waals surface area (Å²) >= 11 is 0. The monoisotopic (exact) mass is 289 g/mol. The fraction of sp³-hybridized carbons (Fsp3) is 0.375. The maximum atomic E-state index is 11.8. The van der Waals surface area contributed by atoms with Gasteiger partial charge in [0.05, 0.1) is 12.5 Å². The van der Waals surface area contributed by atoms with E-state index in [1.807, 2.05) is 18.2 Å². The first kappa shape index (κ1) is 15.1. The molecule has 0 saturated carbocycles. The molecule has 0 bridgehead atoms. The molecule has 1 aliphatic heterocycles. The van der Waals surface area contributed by atoms with Crippen LogP contribution in [0.3, 0.4) is 0 Å². The number of carboxylic acid groups (broad SMARTS) is 1. The number of carbonyl (C=O) groups excluding carboxylic acids is 1. The molecule has 0 fully saturated rings. The van der Waals surface area contributed by atoms with Gasteiger partial charge in [0.25, 0.3) is 0 Å². The normalized spacial score (nSPS) is 16.1. The van der Waals surface area contributed by atoms with Crippen LogP contribution in [-0.2, 0) is 16.0 Å². The summed E-state index contributed by atoms with van der Waals surface area (Å²) in [7, 11) is 0. The van der Waals surface area contributed by atoms with Gasteiger partial charge < -0.3 is 15.2 Å². The molecular weight excluding hydrogens is 270 g/mol. The Bertz CT molecular complexity index is 580. The summed E-state index contributed by atoms with van der Waals surface area (Å²) in [5.41, 5.74) is 2.07. The van der Waals surface area contributed by atoms with Gasteiger partial charge in [0, 0.05) is 18.5 Å². The fourth-order valence-electron chi connectivity index (χ4n) is 2.09. The second-order valence-corrected chi connectivity index (χ2v) is 5.22. The van der Waals surface area contributed by atoms with Crippen LogP contribution >= 0.6 is 0 Å². The van der Waals surface area contributed by atoms with Crippen molar-refractivity contribution in [2.75, 3.05) is 6.61 Å². The van der Waals surface area contributed by atoms with Gasteiger partial charge in [-0.15, -0.1) is 0 Å². The lowest BCUT2D eigenvalue weighted by atomic mass is 10.0. The second kappa shape index (κ2) is 6.43.